The average molecular weight is 204 g/mol. The summed E-state index contributed by atoms with van der Waals surface area (Å²) >= 11 is 0. The lowest BCUT2D eigenvalue weighted by atomic mass is 10.00. The maximum absolute atomic E-state index is 4.02. The monoisotopic (exact) mass is 204 g/mol. The number of nitrogens with zero attached hydrogens (tertiary/aromatic N) is 1. The van der Waals surface area contributed by atoms with Crippen LogP contribution in [-0.2, 0) is 6.54 Å². The van der Waals surface area contributed by atoms with Crippen LogP contribution in [-0.4, -0.2) is 11.0 Å². The summed E-state index contributed by atoms with van der Waals surface area (Å²) in [7, 11) is 0. The Balaban J connectivity index is 1.77. The number of nitrogens with one attached hydrogen (secondary N) is 1. The molecule has 2 rings (SSSR count). The van der Waals surface area contributed by atoms with E-state index in [0.29, 0.717) is 6.04 Å². The molecule has 1 aromatic rings. The molecule has 15 heavy (non-hydrogen) atoms. The summed E-state index contributed by atoms with van der Waals surface area (Å²) in [6.45, 7) is 3.29. The first-order valence-electron chi connectivity index (χ1n) is 5.98. The van der Waals surface area contributed by atoms with Gasteiger partial charge in [0.15, 0.2) is 0 Å². The van der Waals surface area contributed by atoms with Gasteiger partial charge in [-0.25, -0.2) is 0 Å². The predicted molar refractivity (Wildman–Crippen MR) is 62.5 cm³/mol. The molecule has 0 bridgehead atoms. The number of pyridine rings is 1. The predicted octanol–water partition coefficient (Wildman–Crippen LogP) is 2.75. The van der Waals surface area contributed by atoms with Crippen molar-refractivity contribution in [1.29, 1.82) is 0 Å². The summed E-state index contributed by atoms with van der Waals surface area (Å²) in [5, 5.41) is 3.61. The molecule has 2 nitrogen and oxygen atoms in total. The maximum Gasteiger partial charge on any atom is 0.0271 e. The fourth-order valence-electron chi connectivity index (χ4n) is 2.40. The number of hydrogen-bond donors (Lipinski definition) is 1. The van der Waals surface area contributed by atoms with Crippen molar-refractivity contribution in [2.24, 2.45) is 5.92 Å². The first kappa shape index (κ1) is 10.6. The molecule has 1 aliphatic carbocycles. The van der Waals surface area contributed by atoms with Crippen LogP contribution in [0.5, 0.6) is 0 Å². The number of hydrogen-bond acceptors (Lipinski definition) is 2. The van der Waals surface area contributed by atoms with Crippen LogP contribution in [0.3, 0.4) is 0 Å². The third-order valence-corrected chi connectivity index (χ3v) is 3.48. The van der Waals surface area contributed by atoms with Gasteiger partial charge in [0.2, 0.25) is 0 Å². The lowest BCUT2D eigenvalue weighted by molar-refractivity contribution is 0.380. The Labute approximate surface area is 92.1 Å². The third kappa shape index (κ3) is 3.03. The van der Waals surface area contributed by atoms with Crippen molar-refractivity contribution in [3.8, 4) is 0 Å². The smallest absolute Gasteiger partial charge is 0.0271 e. The summed E-state index contributed by atoms with van der Waals surface area (Å²) in [6.07, 6.45) is 9.38. The van der Waals surface area contributed by atoms with Gasteiger partial charge in [-0.2, -0.15) is 0 Å². The van der Waals surface area contributed by atoms with Gasteiger partial charge in [0.25, 0.3) is 0 Å². The van der Waals surface area contributed by atoms with Crippen LogP contribution in [0, 0.1) is 5.92 Å². The summed E-state index contributed by atoms with van der Waals surface area (Å²) in [5.74, 6) is 0.895. The van der Waals surface area contributed by atoms with E-state index in [9.17, 15) is 0 Å². The van der Waals surface area contributed by atoms with Crippen LogP contribution < -0.4 is 5.32 Å². The van der Waals surface area contributed by atoms with Gasteiger partial charge < -0.3 is 5.32 Å². The Morgan fingerprint density at radius 2 is 2.00 bits per heavy atom. The molecule has 1 aromatic heterocycles. The average Bonchev–Trinajstić information content (AvgIpc) is 2.81. The van der Waals surface area contributed by atoms with E-state index in [4.69, 9.17) is 0 Å². The minimum atomic E-state index is 0.653. The van der Waals surface area contributed by atoms with Crippen LogP contribution >= 0.6 is 0 Å². The molecule has 1 N–H and O–H groups in total. The standard InChI is InChI=1S/C13H20N2/c1-11(13-4-2-3-5-13)15-10-12-6-8-14-9-7-12/h6-9,11,13,15H,2-5,10H2,1H3/t11-/m0/s1. The molecule has 1 atom stereocenters. The van der Waals surface area contributed by atoms with Crippen LogP contribution in [0.4, 0.5) is 0 Å². The second kappa shape index (κ2) is 5.26. The summed E-state index contributed by atoms with van der Waals surface area (Å²) < 4.78 is 0. The molecule has 0 aliphatic heterocycles. The molecule has 2 heteroatoms. The molecule has 0 radical (unpaired) electrons. The molecule has 0 unspecified atom stereocenters. The first-order valence-corrected chi connectivity index (χ1v) is 5.98. The largest absolute Gasteiger partial charge is 0.310 e. The SMILES string of the molecule is C[C@H](NCc1ccncc1)C1CCCC1. The number of rotatable bonds is 4. The molecule has 82 valence electrons. The van der Waals surface area contributed by atoms with E-state index in [1.165, 1.54) is 31.2 Å². The molecule has 0 saturated heterocycles. The summed E-state index contributed by atoms with van der Waals surface area (Å²) in [4.78, 5) is 4.02. The molecule has 1 saturated carbocycles. The van der Waals surface area contributed by atoms with Crippen LogP contribution in [0.15, 0.2) is 24.5 Å². The summed E-state index contributed by atoms with van der Waals surface area (Å²) in [6, 6.07) is 4.81. The van der Waals surface area contributed by atoms with E-state index in [-0.39, 0.29) is 0 Å². The van der Waals surface area contributed by atoms with E-state index in [0.717, 1.165) is 12.5 Å². The van der Waals surface area contributed by atoms with Crippen molar-refractivity contribution in [2.45, 2.75) is 45.2 Å². The van der Waals surface area contributed by atoms with Crippen molar-refractivity contribution < 1.29 is 0 Å². The third-order valence-electron chi connectivity index (χ3n) is 3.48. The van der Waals surface area contributed by atoms with Crippen LogP contribution in [0.25, 0.3) is 0 Å². The zero-order valence-electron chi connectivity index (χ0n) is 9.45. The molecule has 0 spiro atoms. The minimum absolute atomic E-state index is 0.653. The highest BCUT2D eigenvalue weighted by Gasteiger charge is 2.20. The van der Waals surface area contributed by atoms with Crippen molar-refractivity contribution in [2.75, 3.05) is 0 Å². The Morgan fingerprint density at radius 1 is 1.33 bits per heavy atom. The van der Waals surface area contributed by atoms with E-state index in [1.807, 2.05) is 12.4 Å². The molecular weight excluding hydrogens is 184 g/mol. The van der Waals surface area contributed by atoms with E-state index < -0.39 is 0 Å². The van der Waals surface area contributed by atoms with E-state index in [1.54, 1.807) is 0 Å². The lowest BCUT2D eigenvalue weighted by Gasteiger charge is -2.20. The van der Waals surface area contributed by atoms with Gasteiger partial charge in [-0.1, -0.05) is 12.8 Å². The topological polar surface area (TPSA) is 24.9 Å². The molecule has 1 fully saturated rings. The van der Waals surface area contributed by atoms with Gasteiger partial charge in [-0.15, -0.1) is 0 Å². The Hall–Kier alpha value is -0.890. The fourth-order valence-corrected chi connectivity index (χ4v) is 2.40. The van der Waals surface area contributed by atoms with Gasteiger partial charge in [0, 0.05) is 25.0 Å². The van der Waals surface area contributed by atoms with Crippen molar-refractivity contribution in [3.63, 3.8) is 0 Å². The fraction of sp³-hybridized carbons (Fsp3) is 0.615. The number of aromatic nitrogens is 1. The molecule has 1 heterocycles. The molecular formula is C13H20N2. The minimum Gasteiger partial charge on any atom is -0.310 e. The highest BCUT2D eigenvalue weighted by molar-refractivity contribution is 5.09. The lowest BCUT2D eigenvalue weighted by Crippen LogP contribution is -2.31. The Bertz CT molecular complexity index is 278. The molecule has 0 aromatic carbocycles. The second-order valence-electron chi connectivity index (χ2n) is 4.57. The second-order valence-corrected chi connectivity index (χ2v) is 4.57. The zero-order valence-corrected chi connectivity index (χ0v) is 9.45. The zero-order chi connectivity index (χ0) is 10.5. The van der Waals surface area contributed by atoms with Gasteiger partial charge in [-0.05, 0) is 43.4 Å². The van der Waals surface area contributed by atoms with Crippen molar-refractivity contribution in [3.05, 3.63) is 30.1 Å². The van der Waals surface area contributed by atoms with Crippen molar-refractivity contribution in [1.82, 2.24) is 10.3 Å². The maximum atomic E-state index is 4.02. The van der Waals surface area contributed by atoms with Gasteiger partial charge in [0.05, 0.1) is 0 Å². The van der Waals surface area contributed by atoms with Gasteiger partial charge in [-0.3, -0.25) is 4.98 Å². The highest BCUT2D eigenvalue weighted by atomic mass is 14.9. The highest BCUT2D eigenvalue weighted by Crippen LogP contribution is 2.27. The molecule has 0 amide bonds. The van der Waals surface area contributed by atoms with Crippen LogP contribution in [0.1, 0.15) is 38.2 Å². The molecule has 1 aliphatic rings. The van der Waals surface area contributed by atoms with Gasteiger partial charge >= 0.3 is 0 Å². The van der Waals surface area contributed by atoms with E-state index >= 15 is 0 Å². The quantitative estimate of drug-likeness (QED) is 0.815. The van der Waals surface area contributed by atoms with E-state index in [2.05, 4.69) is 29.4 Å². The first-order chi connectivity index (χ1) is 7.36. The summed E-state index contributed by atoms with van der Waals surface area (Å²) in [5.41, 5.74) is 1.33. The van der Waals surface area contributed by atoms with Crippen molar-refractivity contribution >= 4 is 0 Å². The Morgan fingerprint density at radius 3 is 2.67 bits per heavy atom. The Kier molecular flexibility index (Phi) is 3.73. The normalized spacial score (nSPS) is 19.3. The van der Waals surface area contributed by atoms with Gasteiger partial charge in [0.1, 0.15) is 0 Å². The van der Waals surface area contributed by atoms with Crippen LogP contribution in [0.2, 0.25) is 0 Å².